The topological polar surface area (TPSA) is 87.7 Å². The molecule has 1 aliphatic heterocycles. The van der Waals surface area contributed by atoms with Crippen LogP contribution in [0.1, 0.15) is 20.3 Å². The van der Waals surface area contributed by atoms with Crippen molar-refractivity contribution in [2.45, 2.75) is 32.4 Å². The molecule has 0 aliphatic carbocycles. The summed E-state index contributed by atoms with van der Waals surface area (Å²) < 4.78 is 32.3. The van der Waals surface area contributed by atoms with Crippen LogP contribution < -0.4 is 14.8 Å². The van der Waals surface area contributed by atoms with Crippen molar-refractivity contribution in [1.29, 1.82) is 0 Å². The molecule has 1 aliphatic rings. The van der Waals surface area contributed by atoms with Crippen LogP contribution in [0.25, 0.3) is 0 Å². The average Bonchev–Trinajstić information content (AvgIpc) is 3.01. The van der Waals surface area contributed by atoms with Gasteiger partial charge in [0, 0.05) is 25.3 Å². The fraction of sp³-hybridized carbons (Fsp3) is 0.562. The lowest BCUT2D eigenvalue weighted by Gasteiger charge is -2.23. The highest BCUT2D eigenvalue weighted by Crippen LogP contribution is 2.18. The lowest BCUT2D eigenvalue weighted by Crippen LogP contribution is -2.42. The van der Waals surface area contributed by atoms with Crippen molar-refractivity contribution in [3.63, 3.8) is 0 Å². The van der Waals surface area contributed by atoms with Gasteiger partial charge in [-0.25, -0.2) is 8.42 Å². The van der Waals surface area contributed by atoms with E-state index in [1.165, 1.54) is 4.90 Å². The van der Waals surface area contributed by atoms with Crippen LogP contribution in [0.15, 0.2) is 24.3 Å². The van der Waals surface area contributed by atoms with Gasteiger partial charge < -0.3 is 15.0 Å². The van der Waals surface area contributed by atoms with E-state index in [0.29, 0.717) is 18.0 Å². The second kappa shape index (κ2) is 7.85. The molecule has 7 nitrogen and oxygen atoms in total. The number of rotatable bonds is 7. The maximum atomic E-state index is 12.2. The molecule has 1 aromatic carbocycles. The van der Waals surface area contributed by atoms with E-state index in [2.05, 4.69) is 10.0 Å². The number of ether oxygens (including phenoxy) is 1. The van der Waals surface area contributed by atoms with Crippen LogP contribution in [-0.4, -0.2) is 57.3 Å². The molecule has 134 valence electrons. The van der Waals surface area contributed by atoms with Gasteiger partial charge in [-0.2, -0.15) is 0 Å². The van der Waals surface area contributed by atoms with E-state index in [9.17, 15) is 13.2 Å². The molecule has 1 atom stereocenters. The molecule has 1 aromatic rings. The van der Waals surface area contributed by atoms with Gasteiger partial charge in [0.2, 0.25) is 15.9 Å². The third-order valence-electron chi connectivity index (χ3n) is 3.79. The van der Waals surface area contributed by atoms with Crippen LogP contribution in [-0.2, 0) is 14.8 Å². The lowest BCUT2D eigenvalue weighted by atomic mass is 10.2. The SMILES string of the molecule is CC(C)Oc1ccc(NS(=O)(=O)CC(=O)N(C)C2CCNC2)cc1. The van der Waals surface area contributed by atoms with Crippen LogP contribution in [0.3, 0.4) is 0 Å². The van der Waals surface area contributed by atoms with Gasteiger partial charge >= 0.3 is 0 Å². The van der Waals surface area contributed by atoms with Crippen LogP contribution in [0.4, 0.5) is 5.69 Å². The summed E-state index contributed by atoms with van der Waals surface area (Å²) in [7, 11) is -2.10. The summed E-state index contributed by atoms with van der Waals surface area (Å²) in [6.07, 6.45) is 0.887. The highest BCUT2D eigenvalue weighted by molar-refractivity contribution is 7.93. The van der Waals surface area contributed by atoms with Gasteiger partial charge in [-0.1, -0.05) is 0 Å². The Hall–Kier alpha value is -1.80. The van der Waals surface area contributed by atoms with Crippen molar-refractivity contribution < 1.29 is 17.9 Å². The lowest BCUT2D eigenvalue weighted by molar-refractivity contribution is -0.128. The van der Waals surface area contributed by atoms with E-state index in [1.54, 1.807) is 31.3 Å². The molecule has 1 unspecified atom stereocenters. The first-order valence-electron chi connectivity index (χ1n) is 8.00. The Balaban J connectivity index is 1.93. The van der Waals surface area contributed by atoms with Gasteiger partial charge in [-0.3, -0.25) is 9.52 Å². The summed E-state index contributed by atoms with van der Waals surface area (Å²) in [5, 5.41) is 3.16. The molecule has 0 spiro atoms. The van der Waals surface area contributed by atoms with E-state index >= 15 is 0 Å². The highest BCUT2D eigenvalue weighted by atomic mass is 32.2. The maximum absolute atomic E-state index is 12.2. The Morgan fingerprint density at radius 1 is 1.38 bits per heavy atom. The molecule has 0 radical (unpaired) electrons. The number of sulfonamides is 1. The minimum absolute atomic E-state index is 0.0470. The smallest absolute Gasteiger partial charge is 0.241 e. The monoisotopic (exact) mass is 355 g/mol. The Labute approximate surface area is 143 Å². The number of hydrogen-bond acceptors (Lipinski definition) is 5. The molecule has 2 N–H and O–H groups in total. The van der Waals surface area contributed by atoms with E-state index in [0.717, 1.165) is 13.0 Å². The van der Waals surface area contributed by atoms with Crippen LogP contribution >= 0.6 is 0 Å². The zero-order valence-corrected chi connectivity index (χ0v) is 15.1. The Morgan fingerprint density at radius 2 is 2.04 bits per heavy atom. The summed E-state index contributed by atoms with van der Waals surface area (Å²) in [5.41, 5.74) is 0.407. The largest absolute Gasteiger partial charge is 0.491 e. The summed E-state index contributed by atoms with van der Waals surface area (Å²) in [6.45, 7) is 5.38. The molecule has 1 heterocycles. The van der Waals surface area contributed by atoms with Crippen LogP contribution in [0.5, 0.6) is 5.75 Å². The zero-order valence-electron chi connectivity index (χ0n) is 14.3. The summed E-state index contributed by atoms with van der Waals surface area (Å²) in [5.74, 6) is -0.307. The minimum atomic E-state index is -3.75. The van der Waals surface area contributed by atoms with Gasteiger partial charge in [-0.05, 0) is 51.1 Å². The molecule has 0 aromatic heterocycles. The molecule has 2 rings (SSSR count). The Morgan fingerprint density at radius 3 is 2.58 bits per heavy atom. The number of benzene rings is 1. The zero-order chi connectivity index (χ0) is 17.7. The molecule has 0 saturated carbocycles. The van der Waals surface area contributed by atoms with E-state index in [-0.39, 0.29) is 12.1 Å². The van der Waals surface area contributed by atoms with Crippen molar-refractivity contribution in [1.82, 2.24) is 10.2 Å². The molecule has 1 fully saturated rings. The van der Waals surface area contributed by atoms with Crippen LogP contribution in [0.2, 0.25) is 0 Å². The molecular formula is C16H25N3O4S. The van der Waals surface area contributed by atoms with Gasteiger partial charge in [0.15, 0.2) is 0 Å². The molecular weight excluding hydrogens is 330 g/mol. The summed E-state index contributed by atoms with van der Waals surface area (Å²) in [4.78, 5) is 13.7. The van der Waals surface area contributed by atoms with Crippen molar-refractivity contribution >= 4 is 21.6 Å². The van der Waals surface area contributed by atoms with Gasteiger partial charge in [0.25, 0.3) is 0 Å². The second-order valence-electron chi connectivity index (χ2n) is 6.20. The highest BCUT2D eigenvalue weighted by Gasteiger charge is 2.26. The van der Waals surface area contributed by atoms with E-state index in [1.807, 2.05) is 13.8 Å². The van der Waals surface area contributed by atoms with E-state index in [4.69, 9.17) is 4.74 Å². The normalized spacial score (nSPS) is 17.8. The third kappa shape index (κ3) is 5.38. The second-order valence-corrected chi connectivity index (χ2v) is 7.93. The fourth-order valence-electron chi connectivity index (χ4n) is 2.53. The molecule has 8 heteroatoms. The molecule has 0 bridgehead atoms. The molecule has 1 saturated heterocycles. The average molecular weight is 355 g/mol. The minimum Gasteiger partial charge on any atom is -0.491 e. The summed E-state index contributed by atoms with van der Waals surface area (Å²) >= 11 is 0. The first-order chi connectivity index (χ1) is 11.3. The number of amides is 1. The first kappa shape index (κ1) is 18.5. The predicted molar refractivity (Wildman–Crippen MR) is 93.7 cm³/mol. The van der Waals surface area contributed by atoms with Gasteiger partial charge in [-0.15, -0.1) is 0 Å². The number of carbonyl (C=O) groups excluding carboxylic acids is 1. The standard InChI is InChI=1S/C16H25N3O4S/c1-12(2)23-15-6-4-13(5-7-15)18-24(21,22)11-16(20)19(3)14-8-9-17-10-14/h4-7,12,14,17-18H,8-11H2,1-3H3. The van der Waals surface area contributed by atoms with E-state index < -0.39 is 21.7 Å². The number of nitrogens with zero attached hydrogens (tertiary/aromatic N) is 1. The van der Waals surface area contributed by atoms with Gasteiger partial charge in [0.05, 0.1) is 6.10 Å². The predicted octanol–water partition coefficient (Wildman–Crippen LogP) is 1.04. The number of likely N-dealkylation sites (N-methyl/N-ethyl adjacent to an activating group) is 1. The number of hydrogen-bond donors (Lipinski definition) is 2. The molecule has 1 amide bonds. The number of anilines is 1. The Kier molecular flexibility index (Phi) is 6.06. The van der Waals surface area contributed by atoms with Crippen molar-refractivity contribution in [2.24, 2.45) is 0 Å². The molecule has 24 heavy (non-hydrogen) atoms. The van der Waals surface area contributed by atoms with Crippen molar-refractivity contribution in [3.05, 3.63) is 24.3 Å². The quantitative estimate of drug-likeness (QED) is 0.763. The van der Waals surface area contributed by atoms with Crippen molar-refractivity contribution in [2.75, 3.05) is 30.6 Å². The number of carbonyl (C=O) groups is 1. The van der Waals surface area contributed by atoms with Crippen LogP contribution in [0, 0.1) is 0 Å². The summed E-state index contributed by atoms with van der Waals surface area (Å²) in [6, 6.07) is 6.67. The maximum Gasteiger partial charge on any atom is 0.241 e. The third-order valence-corrected chi connectivity index (χ3v) is 4.96. The van der Waals surface area contributed by atoms with Crippen molar-refractivity contribution in [3.8, 4) is 5.75 Å². The fourth-order valence-corrected chi connectivity index (χ4v) is 3.62. The number of nitrogens with one attached hydrogen (secondary N) is 2. The van der Waals surface area contributed by atoms with Gasteiger partial charge in [0.1, 0.15) is 11.5 Å². The Bertz CT molecular complexity index is 652. The first-order valence-corrected chi connectivity index (χ1v) is 9.65.